The van der Waals surface area contributed by atoms with Gasteiger partial charge in [-0.05, 0) is 6.42 Å². The molecule has 1 N–H and O–H groups in total. The van der Waals surface area contributed by atoms with E-state index < -0.39 is 5.95 Å². The average molecular weight is 211 g/mol. The highest BCUT2D eigenvalue weighted by Gasteiger charge is 1.95. The van der Waals surface area contributed by atoms with Gasteiger partial charge in [-0.3, -0.25) is 0 Å². The van der Waals surface area contributed by atoms with Gasteiger partial charge >= 0.3 is 0 Å². The van der Waals surface area contributed by atoms with Crippen LogP contribution in [0.15, 0.2) is 25.0 Å². The van der Waals surface area contributed by atoms with Crippen LogP contribution in [0.4, 0.5) is 10.2 Å². The summed E-state index contributed by atoms with van der Waals surface area (Å²) in [4.78, 5) is 7.19. The van der Waals surface area contributed by atoms with Crippen molar-refractivity contribution in [2.24, 2.45) is 0 Å². The zero-order chi connectivity index (χ0) is 10.9. The molecule has 4 nitrogen and oxygen atoms in total. The van der Waals surface area contributed by atoms with Crippen molar-refractivity contribution in [1.29, 1.82) is 0 Å². The second-order valence-electron chi connectivity index (χ2n) is 2.84. The Labute approximate surface area is 88.2 Å². The van der Waals surface area contributed by atoms with E-state index in [1.807, 2.05) is 0 Å². The van der Waals surface area contributed by atoms with E-state index in [1.54, 1.807) is 6.08 Å². The van der Waals surface area contributed by atoms with E-state index in [0.29, 0.717) is 25.6 Å². The largest absolute Gasteiger partial charge is 0.379 e. The quantitative estimate of drug-likeness (QED) is 0.423. The molecule has 0 aliphatic rings. The molecule has 5 heteroatoms. The topological polar surface area (TPSA) is 47.0 Å². The summed E-state index contributed by atoms with van der Waals surface area (Å²) in [7, 11) is 0. The van der Waals surface area contributed by atoms with Crippen molar-refractivity contribution in [3.8, 4) is 0 Å². The van der Waals surface area contributed by atoms with Gasteiger partial charge < -0.3 is 10.1 Å². The molecule has 0 spiro atoms. The molecule has 1 heterocycles. The molecule has 0 unspecified atom stereocenters. The SMILES string of the molecule is C=CCCOCCNc1cc(F)ncn1. The summed E-state index contributed by atoms with van der Waals surface area (Å²) < 4.78 is 17.9. The van der Waals surface area contributed by atoms with Crippen molar-refractivity contribution in [2.45, 2.75) is 6.42 Å². The van der Waals surface area contributed by atoms with Crippen LogP contribution < -0.4 is 5.32 Å². The van der Waals surface area contributed by atoms with Gasteiger partial charge in [0.05, 0.1) is 13.2 Å². The first-order valence-electron chi connectivity index (χ1n) is 4.73. The number of hydrogen-bond acceptors (Lipinski definition) is 4. The van der Waals surface area contributed by atoms with E-state index in [4.69, 9.17) is 4.74 Å². The Morgan fingerprint density at radius 1 is 1.47 bits per heavy atom. The highest BCUT2D eigenvalue weighted by molar-refractivity contribution is 5.31. The Bertz CT molecular complexity index is 306. The van der Waals surface area contributed by atoms with Crippen molar-refractivity contribution in [1.82, 2.24) is 9.97 Å². The normalized spacial score (nSPS) is 9.93. The maximum Gasteiger partial charge on any atom is 0.217 e. The molecule has 1 aromatic rings. The Morgan fingerprint density at radius 2 is 2.33 bits per heavy atom. The molecule has 0 saturated carbocycles. The summed E-state index contributed by atoms with van der Waals surface area (Å²) in [6.45, 7) is 5.38. The first-order valence-corrected chi connectivity index (χ1v) is 4.73. The molecule has 0 amide bonds. The molecule has 82 valence electrons. The van der Waals surface area contributed by atoms with Gasteiger partial charge in [-0.1, -0.05) is 6.08 Å². The fraction of sp³-hybridized carbons (Fsp3) is 0.400. The fourth-order valence-corrected chi connectivity index (χ4v) is 0.950. The predicted molar refractivity (Wildman–Crippen MR) is 56.1 cm³/mol. The van der Waals surface area contributed by atoms with Crippen molar-refractivity contribution in [3.63, 3.8) is 0 Å². The van der Waals surface area contributed by atoms with E-state index in [2.05, 4.69) is 21.9 Å². The molecule has 0 aliphatic heterocycles. The number of ether oxygens (including phenoxy) is 1. The molecule has 1 aromatic heterocycles. The van der Waals surface area contributed by atoms with Gasteiger partial charge in [0.15, 0.2) is 0 Å². The highest BCUT2D eigenvalue weighted by atomic mass is 19.1. The van der Waals surface area contributed by atoms with Crippen molar-refractivity contribution in [3.05, 3.63) is 31.0 Å². The third kappa shape index (κ3) is 5.07. The Hall–Kier alpha value is -1.49. The van der Waals surface area contributed by atoms with Gasteiger partial charge in [-0.25, -0.2) is 9.97 Å². The van der Waals surface area contributed by atoms with Crippen LogP contribution >= 0.6 is 0 Å². The summed E-state index contributed by atoms with van der Waals surface area (Å²) in [6, 6.07) is 1.24. The third-order valence-corrected chi connectivity index (χ3v) is 1.65. The van der Waals surface area contributed by atoms with E-state index >= 15 is 0 Å². The third-order valence-electron chi connectivity index (χ3n) is 1.65. The van der Waals surface area contributed by atoms with Crippen LogP contribution in [0.5, 0.6) is 0 Å². The van der Waals surface area contributed by atoms with E-state index in [1.165, 1.54) is 12.4 Å². The molecular formula is C10H14FN3O. The first-order chi connectivity index (χ1) is 7.33. The molecular weight excluding hydrogens is 197 g/mol. The summed E-state index contributed by atoms with van der Waals surface area (Å²) >= 11 is 0. The monoisotopic (exact) mass is 211 g/mol. The van der Waals surface area contributed by atoms with Gasteiger partial charge in [-0.15, -0.1) is 6.58 Å². The zero-order valence-electron chi connectivity index (χ0n) is 8.45. The van der Waals surface area contributed by atoms with Gasteiger partial charge in [-0.2, -0.15) is 4.39 Å². The smallest absolute Gasteiger partial charge is 0.217 e. The standard InChI is InChI=1S/C10H14FN3O/c1-2-3-5-15-6-4-12-10-7-9(11)13-8-14-10/h2,7-8H,1,3-6H2,(H,12,13,14). The predicted octanol–water partition coefficient (Wildman–Crippen LogP) is 1.62. The van der Waals surface area contributed by atoms with Gasteiger partial charge in [0.2, 0.25) is 5.95 Å². The molecule has 0 bridgehead atoms. The van der Waals surface area contributed by atoms with Crippen molar-refractivity contribution in [2.75, 3.05) is 25.1 Å². The number of hydrogen-bond donors (Lipinski definition) is 1. The minimum Gasteiger partial charge on any atom is -0.379 e. The van der Waals surface area contributed by atoms with E-state index in [0.717, 1.165) is 6.42 Å². The van der Waals surface area contributed by atoms with Crippen LogP contribution in [-0.4, -0.2) is 29.7 Å². The summed E-state index contributed by atoms with van der Waals surface area (Å²) in [5, 5.41) is 2.92. The zero-order valence-corrected chi connectivity index (χ0v) is 8.45. The van der Waals surface area contributed by atoms with Crippen LogP contribution in [0.25, 0.3) is 0 Å². The van der Waals surface area contributed by atoms with Crippen molar-refractivity contribution < 1.29 is 9.13 Å². The average Bonchev–Trinajstić information content (AvgIpc) is 2.23. The van der Waals surface area contributed by atoms with E-state index in [9.17, 15) is 4.39 Å². The molecule has 0 atom stereocenters. The van der Waals surface area contributed by atoms with Gasteiger partial charge in [0.1, 0.15) is 12.1 Å². The Kier molecular flexibility index (Phi) is 5.32. The molecule has 0 saturated heterocycles. The number of rotatable bonds is 7. The molecule has 0 aliphatic carbocycles. The number of nitrogens with zero attached hydrogens (tertiary/aromatic N) is 2. The van der Waals surface area contributed by atoms with Crippen LogP contribution in [0, 0.1) is 5.95 Å². The van der Waals surface area contributed by atoms with Crippen LogP contribution in [0.3, 0.4) is 0 Å². The van der Waals surface area contributed by atoms with Gasteiger partial charge in [0.25, 0.3) is 0 Å². The highest BCUT2D eigenvalue weighted by Crippen LogP contribution is 2.00. The van der Waals surface area contributed by atoms with Crippen LogP contribution in [0.1, 0.15) is 6.42 Å². The van der Waals surface area contributed by atoms with E-state index in [-0.39, 0.29) is 0 Å². The summed E-state index contributed by atoms with van der Waals surface area (Å²) in [6.07, 6.45) is 3.81. The minimum atomic E-state index is -0.542. The molecule has 0 fully saturated rings. The van der Waals surface area contributed by atoms with Crippen LogP contribution in [-0.2, 0) is 4.74 Å². The first kappa shape index (κ1) is 11.6. The molecule has 15 heavy (non-hydrogen) atoms. The van der Waals surface area contributed by atoms with Gasteiger partial charge in [0, 0.05) is 12.6 Å². The maximum atomic E-state index is 12.6. The molecule has 1 rings (SSSR count). The van der Waals surface area contributed by atoms with Crippen molar-refractivity contribution >= 4 is 5.82 Å². The summed E-state index contributed by atoms with van der Waals surface area (Å²) in [5.41, 5.74) is 0. The fourth-order valence-electron chi connectivity index (χ4n) is 0.950. The number of aromatic nitrogens is 2. The summed E-state index contributed by atoms with van der Waals surface area (Å²) in [5.74, 6) is -0.0742. The number of halogens is 1. The molecule has 0 aromatic carbocycles. The second-order valence-corrected chi connectivity index (χ2v) is 2.84. The van der Waals surface area contributed by atoms with Crippen LogP contribution in [0.2, 0.25) is 0 Å². The lowest BCUT2D eigenvalue weighted by molar-refractivity contribution is 0.149. The minimum absolute atomic E-state index is 0.467. The maximum absolute atomic E-state index is 12.6. The lowest BCUT2D eigenvalue weighted by atomic mass is 10.4. The lowest BCUT2D eigenvalue weighted by Gasteiger charge is -2.05. The lowest BCUT2D eigenvalue weighted by Crippen LogP contribution is -2.11. The Morgan fingerprint density at radius 3 is 3.07 bits per heavy atom. The second kappa shape index (κ2) is 6.89. The number of nitrogens with one attached hydrogen (secondary N) is 1. The Balaban J connectivity index is 2.12. The number of anilines is 1. The molecule has 0 radical (unpaired) electrons.